The summed E-state index contributed by atoms with van der Waals surface area (Å²) in [6.45, 7) is 0.0336. The van der Waals surface area contributed by atoms with Gasteiger partial charge in [0.1, 0.15) is 5.75 Å². The Labute approximate surface area is 93.2 Å². The number of aliphatic hydroxyl groups is 1. The topological polar surface area (TPSA) is 29.5 Å². The molecule has 66 valence electrons. The Morgan fingerprint density at radius 3 is 2.75 bits per heavy atom. The summed E-state index contributed by atoms with van der Waals surface area (Å²) in [4.78, 5) is 0. The van der Waals surface area contributed by atoms with E-state index in [9.17, 15) is 0 Å². The molecule has 0 aliphatic heterocycles. The maximum Gasteiger partial charge on any atom is 0.133 e. The van der Waals surface area contributed by atoms with Crippen LogP contribution in [0, 0.1) is 3.57 Å². The first-order chi connectivity index (χ1) is 5.69. The highest BCUT2D eigenvalue weighted by Gasteiger charge is 2.05. The summed E-state index contributed by atoms with van der Waals surface area (Å²) < 4.78 is 7.09. The molecular weight excluding hydrogens is 335 g/mol. The van der Waals surface area contributed by atoms with Crippen molar-refractivity contribution in [3.63, 3.8) is 0 Å². The van der Waals surface area contributed by atoms with Crippen LogP contribution in [0.3, 0.4) is 0 Å². The number of halogens is 2. The number of methoxy groups -OCH3 is 1. The lowest BCUT2D eigenvalue weighted by atomic mass is 10.2. The van der Waals surface area contributed by atoms with Gasteiger partial charge in [-0.15, -0.1) is 0 Å². The lowest BCUT2D eigenvalue weighted by molar-refractivity contribution is 0.281. The molecule has 1 rings (SSSR count). The molecule has 0 unspecified atom stereocenters. The van der Waals surface area contributed by atoms with E-state index in [0.29, 0.717) is 0 Å². The molecule has 1 N–H and O–H groups in total. The summed E-state index contributed by atoms with van der Waals surface area (Å²) in [5, 5.41) is 8.89. The average molecular weight is 343 g/mol. The zero-order valence-corrected chi connectivity index (χ0v) is 10.2. The molecule has 0 amide bonds. The van der Waals surface area contributed by atoms with Gasteiger partial charge in [-0.3, -0.25) is 0 Å². The van der Waals surface area contributed by atoms with Crippen LogP contribution in [0.25, 0.3) is 0 Å². The van der Waals surface area contributed by atoms with Crippen LogP contribution < -0.4 is 4.74 Å². The van der Waals surface area contributed by atoms with E-state index < -0.39 is 0 Å². The van der Waals surface area contributed by atoms with Gasteiger partial charge in [0.05, 0.1) is 17.3 Å². The molecule has 0 saturated carbocycles. The van der Waals surface area contributed by atoms with Crippen molar-refractivity contribution in [1.29, 1.82) is 0 Å². The molecule has 0 bridgehead atoms. The van der Waals surface area contributed by atoms with Gasteiger partial charge in [0.25, 0.3) is 0 Å². The second-order valence-electron chi connectivity index (χ2n) is 2.25. The normalized spacial score (nSPS) is 10.0. The largest absolute Gasteiger partial charge is 0.496 e. The third-order valence-corrected chi connectivity index (χ3v) is 3.94. The highest BCUT2D eigenvalue weighted by Crippen LogP contribution is 2.29. The van der Waals surface area contributed by atoms with E-state index in [1.165, 1.54) is 0 Å². The van der Waals surface area contributed by atoms with Gasteiger partial charge in [-0.1, -0.05) is 0 Å². The van der Waals surface area contributed by atoms with E-state index in [1.54, 1.807) is 7.11 Å². The SMILES string of the molecule is COc1cc(CO)cc(Br)c1I. The number of hydrogen-bond donors (Lipinski definition) is 1. The lowest BCUT2D eigenvalue weighted by Gasteiger charge is -2.06. The molecule has 2 nitrogen and oxygen atoms in total. The van der Waals surface area contributed by atoms with Crippen molar-refractivity contribution in [2.24, 2.45) is 0 Å². The van der Waals surface area contributed by atoms with Gasteiger partial charge < -0.3 is 9.84 Å². The molecule has 0 saturated heterocycles. The molecular formula is C8H8BrIO2. The van der Waals surface area contributed by atoms with Crippen molar-refractivity contribution < 1.29 is 9.84 Å². The van der Waals surface area contributed by atoms with Crippen molar-refractivity contribution in [2.75, 3.05) is 7.11 Å². The van der Waals surface area contributed by atoms with Crippen LogP contribution in [-0.4, -0.2) is 12.2 Å². The van der Waals surface area contributed by atoms with Crippen LogP contribution in [-0.2, 0) is 6.61 Å². The molecule has 0 radical (unpaired) electrons. The predicted octanol–water partition coefficient (Wildman–Crippen LogP) is 2.55. The monoisotopic (exact) mass is 342 g/mol. The molecule has 0 fully saturated rings. The van der Waals surface area contributed by atoms with Crippen molar-refractivity contribution in [2.45, 2.75) is 6.61 Å². The number of aliphatic hydroxyl groups excluding tert-OH is 1. The first kappa shape index (κ1) is 10.3. The first-order valence-corrected chi connectivity index (χ1v) is 5.19. The van der Waals surface area contributed by atoms with E-state index in [0.717, 1.165) is 19.4 Å². The Bertz CT molecular complexity index is 289. The van der Waals surface area contributed by atoms with Gasteiger partial charge >= 0.3 is 0 Å². The molecule has 0 aliphatic carbocycles. The summed E-state index contributed by atoms with van der Waals surface area (Å²) in [6.07, 6.45) is 0. The zero-order valence-electron chi connectivity index (χ0n) is 6.47. The zero-order chi connectivity index (χ0) is 9.14. The molecule has 0 aliphatic rings. The minimum atomic E-state index is 0.0336. The summed E-state index contributed by atoms with van der Waals surface area (Å²) in [6, 6.07) is 3.71. The van der Waals surface area contributed by atoms with Crippen molar-refractivity contribution in [1.82, 2.24) is 0 Å². The van der Waals surface area contributed by atoms with E-state index in [4.69, 9.17) is 9.84 Å². The van der Waals surface area contributed by atoms with Crippen molar-refractivity contribution in [3.05, 3.63) is 25.7 Å². The summed E-state index contributed by atoms with van der Waals surface area (Å²) in [5.41, 5.74) is 0.846. The average Bonchev–Trinajstić information content (AvgIpc) is 2.09. The second kappa shape index (κ2) is 4.43. The van der Waals surface area contributed by atoms with Gasteiger partial charge in [-0.25, -0.2) is 0 Å². The number of rotatable bonds is 2. The molecule has 12 heavy (non-hydrogen) atoms. The molecule has 0 atom stereocenters. The maximum absolute atomic E-state index is 8.89. The van der Waals surface area contributed by atoms with E-state index in [2.05, 4.69) is 38.5 Å². The fourth-order valence-corrected chi connectivity index (χ4v) is 1.88. The second-order valence-corrected chi connectivity index (χ2v) is 4.19. The lowest BCUT2D eigenvalue weighted by Crippen LogP contribution is -1.91. The summed E-state index contributed by atoms with van der Waals surface area (Å²) >= 11 is 5.56. The fraction of sp³-hybridized carbons (Fsp3) is 0.250. The molecule has 0 spiro atoms. The van der Waals surface area contributed by atoms with Crippen LogP contribution in [0.2, 0.25) is 0 Å². The molecule has 1 aromatic carbocycles. The Balaban J connectivity index is 3.19. The van der Waals surface area contributed by atoms with E-state index >= 15 is 0 Å². The van der Waals surface area contributed by atoms with Crippen LogP contribution in [0.1, 0.15) is 5.56 Å². The van der Waals surface area contributed by atoms with E-state index in [1.807, 2.05) is 12.1 Å². The van der Waals surface area contributed by atoms with Crippen LogP contribution >= 0.6 is 38.5 Å². The van der Waals surface area contributed by atoms with Crippen molar-refractivity contribution >= 4 is 38.5 Å². The Morgan fingerprint density at radius 1 is 1.58 bits per heavy atom. The molecule has 0 heterocycles. The van der Waals surface area contributed by atoms with E-state index in [-0.39, 0.29) is 6.61 Å². The number of hydrogen-bond acceptors (Lipinski definition) is 2. The molecule has 1 aromatic rings. The minimum absolute atomic E-state index is 0.0336. The standard InChI is InChI=1S/C8H8BrIO2/c1-12-7-3-5(4-11)2-6(9)8(7)10/h2-3,11H,4H2,1H3. The maximum atomic E-state index is 8.89. The minimum Gasteiger partial charge on any atom is -0.496 e. The van der Waals surface area contributed by atoms with Gasteiger partial charge in [0.15, 0.2) is 0 Å². The Kier molecular flexibility index (Phi) is 3.79. The van der Waals surface area contributed by atoms with Gasteiger partial charge in [-0.2, -0.15) is 0 Å². The van der Waals surface area contributed by atoms with Gasteiger partial charge in [-0.05, 0) is 56.2 Å². The predicted molar refractivity (Wildman–Crippen MR) is 59.3 cm³/mol. The summed E-state index contributed by atoms with van der Waals surface area (Å²) in [5.74, 6) is 0.786. The Hall–Kier alpha value is 0.190. The fourth-order valence-electron chi connectivity index (χ4n) is 0.857. The van der Waals surface area contributed by atoms with Crippen LogP contribution in [0.15, 0.2) is 16.6 Å². The number of ether oxygens (including phenoxy) is 1. The quantitative estimate of drug-likeness (QED) is 0.837. The van der Waals surface area contributed by atoms with Gasteiger partial charge in [0.2, 0.25) is 0 Å². The van der Waals surface area contributed by atoms with Crippen molar-refractivity contribution in [3.8, 4) is 5.75 Å². The van der Waals surface area contributed by atoms with Gasteiger partial charge in [0, 0.05) is 4.47 Å². The van der Waals surface area contributed by atoms with Crippen LogP contribution in [0.4, 0.5) is 0 Å². The summed E-state index contributed by atoms with van der Waals surface area (Å²) in [7, 11) is 1.62. The highest BCUT2D eigenvalue weighted by atomic mass is 127. The Morgan fingerprint density at radius 2 is 2.25 bits per heavy atom. The smallest absolute Gasteiger partial charge is 0.133 e. The number of benzene rings is 1. The van der Waals surface area contributed by atoms with Crippen LogP contribution in [0.5, 0.6) is 5.75 Å². The third kappa shape index (κ3) is 2.11. The third-order valence-electron chi connectivity index (χ3n) is 1.46. The molecule has 4 heteroatoms. The highest BCUT2D eigenvalue weighted by molar-refractivity contribution is 14.1. The molecule has 0 aromatic heterocycles. The first-order valence-electron chi connectivity index (χ1n) is 3.31.